The number of hydrogen-bond acceptors (Lipinski definition) is 4. The van der Waals surface area contributed by atoms with E-state index in [1.807, 2.05) is 78.9 Å². The largest absolute Gasteiger partial charge is 0.455 e. The summed E-state index contributed by atoms with van der Waals surface area (Å²) in [6.45, 7) is 2.50. The second-order valence-corrected chi connectivity index (χ2v) is 6.94. The summed E-state index contributed by atoms with van der Waals surface area (Å²) in [6.07, 6.45) is 0. The molecule has 0 atom stereocenters. The van der Waals surface area contributed by atoms with Gasteiger partial charge < -0.3 is 19.9 Å². The molecule has 0 radical (unpaired) electrons. The van der Waals surface area contributed by atoms with Crippen LogP contribution in [0.3, 0.4) is 0 Å². The second kappa shape index (κ2) is 9.01. The predicted octanol–water partition coefficient (Wildman–Crippen LogP) is 4.70. The molecule has 0 bridgehead atoms. The van der Waals surface area contributed by atoms with Crippen molar-refractivity contribution in [1.82, 2.24) is 4.90 Å². The third-order valence-corrected chi connectivity index (χ3v) is 5.03. The Labute approximate surface area is 175 Å². The van der Waals surface area contributed by atoms with E-state index < -0.39 is 0 Å². The quantitative estimate of drug-likeness (QED) is 0.691. The number of urea groups is 1. The van der Waals surface area contributed by atoms with Gasteiger partial charge in [0.05, 0.1) is 16.9 Å². The maximum atomic E-state index is 12.8. The molecule has 6 nitrogen and oxygen atoms in total. The number of nitrogens with one attached hydrogen (secondary N) is 1. The molecule has 1 aliphatic heterocycles. The van der Waals surface area contributed by atoms with Gasteiger partial charge in [0, 0.05) is 26.2 Å². The minimum Gasteiger partial charge on any atom is -0.455 e. The number of anilines is 2. The number of carbonyl (C=O) groups excluding carboxylic acids is 1. The van der Waals surface area contributed by atoms with Gasteiger partial charge in [-0.05, 0) is 36.4 Å². The molecule has 3 aromatic rings. The van der Waals surface area contributed by atoms with Crippen LogP contribution in [0.4, 0.5) is 16.2 Å². The van der Waals surface area contributed by atoms with Crippen LogP contribution in [-0.4, -0.2) is 37.1 Å². The van der Waals surface area contributed by atoms with Crippen molar-refractivity contribution < 1.29 is 9.53 Å². The number of piperazine rings is 1. The summed E-state index contributed by atoms with van der Waals surface area (Å²) < 4.78 is 5.93. The minimum absolute atomic E-state index is 0.160. The van der Waals surface area contributed by atoms with Crippen LogP contribution in [-0.2, 0) is 0 Å². The Hall–Kier alpha value is -3.98. The molecule has 0 aliphatic carbocycles. The van der Waals surface area contributed by atoms with Crippen LogP contribution in [0.2, 0.25) is 0 Å². The van der Waals surface area contributed by atoms with Crippen molar-refractivity contribution in [2.45, 2.75) is 0 Å². The van der Waals surface area contributed by atoms with Crippen molar-refractivity contribution in [3.8, 4) is 17.6 Å². The predicted molar refractivity (Wildman–Crippen MR) is 117 cm³/mol. The standard InChI is InChI=1S/C24H22N4O2/c25-18-19-8-4-6-12-22(19)27-14-16-28(17-15-27)24(29)26-21-11-5-7-13-23(21)30-20-9-2-1-3-10-20/h1-13H,14-17H2,(H,26,29). The fourth-order valence-corrected chi connectivity index (χ4v) is 3.46. The highest BCUT2D eigenvalue weighted by Gasteiger charge is 2.23. The molecule has 1 fully saturated rings. The van der Waals surface area contributed by atoms with E-state index in [1.165, 1.54) is 0 Å². The number of rotatable bonds is 4. The van der Waals surface area contributed by atoms with E-state index >= 15 is 0 Å². The van der Waals surface area contributed by atoms with Gasteiger partial charge in [-0.15, -0.1) is 0 Å². The second-order valence-electron chi connectivity index (χ2n) is 6.94. The Morgan fingerprint density at radius 2 is 1.53 bits per heavy atom. The molecule has 0 unspecified atom stereocenters. The van der Waals surface area contributed by atoms with Crippen LogP contribution < -0.4 is 15.0 Å². The fourth-order valence-electron chi connectivity index (χ4n) is 3.46. The first kappa shape index (κ1) is 19.3. The van der Waals surface area contributed by atoms with Gasteiger partial charge in [-0.1, -0.05) is 42.5 Å². The summed E-state index contributed by atoms with van der Waals surface area (Å²) in [5, 5.41) is 12.3. The zero-order chi connectivity index (χ0) is 20.8. The molecule has 0 aromatic heterocycles. The van der Waals surface area contributed by atoms with Crippen molar-refractivity contribution >= 4 is 17.4 Å². The van der Waals surface area contributed by atoms with Gasteiger partial charge in [0.25, 0.3) is 0 Å². The lowest BCUT2D eigenvalue weighted by atomic mass is 10.1. The van der Waals surface area contributed by atoms with Gasteiger partial charge in [0.2, 0.25) is 0 Å². The Morgan fingerprint density at radius 3 is 2.30 bits per heavy atom. The first-order valence-corrected chi connectivity index (χ1v) is 9.86. The van der Waals surface area contributed by atoms with Crippen LogP contribution in [0, 0.1) is 11.3 Å². The molecular weight excluding hydrogens is 376 g/mol. The summed E-state index contributed by atoms with van der Waals surface area (Å²) in [6, 6.07) is 26.5. The molecule has 2 amide bonds. The van der Waals surface area contributed by atoms with Gasteiger partial charge >= 0.3 is 6.03 Å². The number of nitrogens with zero attached hydrogens (tertiary/aromatic N) is 3. The first-order valence-electron chi connectivity index (χ1n) is 9.86. The zero-order valence-electron chi connectivity index (χ0n) is 16.5. The molecule has 4 rings (SSSR count). The Morgan fingerprint density at radius 1 is 0.867 bits per heavy atom. The van der Waals surface area contributed by atoms with E-state index in [0.29, 0.717) is 48.9 Å². The fraction of sp³-hybridized carbons (Fsp3) is 0.167. The summed E-state index contributed by atoms with van der Waals surface area (Å²) >= 11 is 0. The molecule has 1 saturated heterocycles. The maximum Gasteiger partial charge on any atom is 0.322 e. The molecule has 150 valence electrons. The van der Waals surface area contributed by atoms with E-state index in [4.69, 9.17) is 4.74 Å². The van der Waals surface area contributed by atoms with Crippen molar-refractivity contribution in [2.75, 3.05) is 36.4 Å². The minimum atomic E-state index is -0.160. The number of carbonyl (C=O) groups is 1. The molecule has 6 heteroatoms. The highest BCUT2D eigenvalue weighted by Crippen LogP contribution is 2.29. The van der Waals surface area contributed by atoms with Crippen molar-refractivity contribution in [3.63, 3.8) is 0 Å². The summed E-state index contributed by atoms with van der Waals surface area (Å²) in [5.74, 6) is 1.31. The van der Waals surface area contributed by atoms with E-state index in [2.05, 4.69) is 16.3 Å². The number of ether oxygens (including phenoxy) is 1. The molecule has 1 N–H and O–H groups in total. The SMILES string of the molecule is N#Cc1ccccc1N1CCN(C(=O)Nc2ccccc2Oc2ccccc2)CC1. The van der Waals surface area contributed by atoms with Gasteiger partial charge in [-0.2, -0.15) is 5.26 Å². The van der Waals surface area contributed by atoms with E-state index in [-0.39, 0.29) is 6.03 Å². The molecule has 0 spiro atoms. The van der Waals surface area contributed by atoms with Crippen molar-refractivity contribution in [2.24, 2.45) is 0 Å². The summed E-state index contributed by atoms with van der Waals surface area (Å²) in [5.41, 5.74) is 2.20. The van der Waals surface area contributed by atoms with Crippen LogP contribution >= 0.6 is 0 Å². The third kappa shape index (κ3) is 4.36. The van der Waals surface area contributed by atoms with Crippen LogP contribution in [0.5, 0.6) is 11.5 Å². The first-order chi connectivity index (χ1) is 14.7. The molecular formula is C24H22N4O2. The number of para-hydroxylation sites is 4. The van der Waals surface area contributed by atoms with E-state index in [0.717, 1.165) is 5.69 Å². The van der Waals surface area contributed by atoms with Gasteiger partial charge in [0.1, 0.15) is 11.8 Å². The Kier molecular flexibility index (Phi) is 5.81. The Bertz CT molecular complexity index is 1050. The maximum absolute atomic E-state index is 12.8. The van der Waals surface area contributed by atoms with E-state index in [1.54, 1.807) is 4.90 Å². The lowest BCUT2D eigenvalue weighted by Gasteiger charge is -2.36. The smallest absolute Gasteiger partial charge is 0.322 e. The highest BCUT2D eigenvalue weighted by atomic mass is 16.5. The average Bonchev–Trinajstić information content (AvgIpc) is 2.81. The van der Waals surface area contributed by atoms with E-state index in [9.17, 15) is 10.1 Å². The molecule has 1 heterocycles. The van der Waals surface area contributed by atoms with Gasteiger partial charge in [-0.3, -0.25) is 0 Å². The highest BCUT2D eigenvalue weighted by molar-refractivity contribution is 5.91. The lowest BCUT2D eigenvalue weighted by Crippen LogP contribution is -2.50. The molecule has 0 saturated carbocycles. The molecule has 30 heavy (non-hydrogen) atoms. The topological polar surface area (TPSA) is 68.6 Å². The monoisotopic (exact) mass is 398 g/mol. The van der Waals surface area contributed by atoms with Crippen molar-refractivity contribution in [1.29, 1.82) is 5.26 Å². The Balaban J connectivity index is 1.40. The summed E-state index contributed by atoms with van der Waals surface area (Å²) in [4.78, 5) is 16.8. The average molecular weight is 398 g/mol. The third-order valence-electron chi connectivity index (χ3n) is 5.03. The normalized spacial score (nSPS) is 13.4. The zero-order valence-corrected chi connectivity index (χ0v) is 16.5. The molecule has 3 aromatic carbocycles. The molecule has 1 aliphatic rings. The van der Waals surface area contributed by atoms with Gasteiger partial charge in [0.15, 0.2) is 5.75 Å². The van der Waals surface area contributed by atoms with Gasteiger partial charge in [-0.25, -0.2) is 4.79 Å². The number of amides is 2. The lowest BCUT2D eigenvalue weighted by molar-refractivity contribution is 0.208. The van der Waals surface area contributed by atoms with Crippen LogP contribution in [0.1, 0.15) is 5.56 Å². The number of nitriles is 1. The number of benzene rings is 3. The van der Waals surface area contributed by atoms with Crippen LogP contribution in [0.25, 0.3) is 0 Å². The van der Waals surface area contributed by atoms with Crippen molar-refractivity contribution in [3.05, 3.63) is 84.4 Å². The van der Waals surface area contributed by atoms with Crippen LogP contribution in [0.15, 0.2) is 78.9 Å². The number of hydrogen-bond donors (Lipinski definition) is 1. The summed E-state index contributed by atoms with van der Waals surface area (Å²) in [7, 11) is 0.